The standard InChI is InChI=1S/C15H14FN3/c1-19-14-7-12(16)4-3-11(14)6-15(19)13-5-2-10(8-17)9-18-13/h2-7,9H,8,17H2,1H3. The second-order valence-electron chi connectivity index (χ2n) is 4.55. The lowest BCUT2D eigenvalue weighted by Gasteiger charge is -2.04. The molecule has 0 aliphatic heterocycles. The number of aryl methyl sites for hydroxylation is 1. The normalized spacial score (nSPS) is 11.1. The third kappa shape index (κ3) is 2.00. The first-order chi connectivity index (χ1) is 9.19. The Morgan fingerprint density at radius 1 is 1.21 bits per heavy atom. The number of aromatic nitrogens is 2. The zero-order chi connectivity index (χ0) is 13.4. The van der Waals surface area contributed by atoms with Crippen LogP contribution < -0.4 is 5.73 Å². The van der Waals surface area contributed by atoms with E-state index in [9.17, 15) is 4.39 Å². The number of fused-ring (bicyclic) bond motifs is 1. The van der Waals surface area contributed by atoms with E-state index in [1.54, 1.807) is 12.3 Å². The van der Waals surface area contributed by atoms with Gasteiger partial charge in [0.15, 0.2) is 0 Å². The summed E-state index contributed by atoms with van der Waals surface area (Å²) >= 11 is 0. The van der Waals surface area contributed by atoms with Crippen molar-refractivity contribution in [2.75, 3.05) is 0 Å². The molecule has 0 spiro atoms. The number of hydrogen-bond donors (Lipinski definition) is 1. The van der Waals surface area contributed by atoms with Gasteiger partial charge in [0.25, 0.3) is 0 Å². The molecule has 0 saturated carbocycles. The van der Waals surface area contributed by atoms with Gasteiger partial charge >= 0.3 is 0 Å². The van der Waals surface area contributed by atoms with E-state index in [1.165, 1.54) is 12.1 Å². The van der Waals surface area contributed by atoms with E-state index in [-0.39, 0.29) is 5.82 Å². The lowest BCUT2D eigenvalue weighted by molar-refractivity contribution is 0.629. The largest absolute Gasteiger partial charge is 0.342 e. The van der Waals surface area contributed by atoms with Crippen molar-refractivity contribution in [3.8, 4) is 11.4 Å². The predicted molar refractivity (Wildman–Crippen MR) is 74.0 cm³/mol. The summed E-state index contributed by atoms with van der Waals surface area (Å²) in [4.78, 5) is 4.40. The van der Waals surface area contributed by atoms with E-state index in [1.807, 2.05) is 29.8 Å². The van der Waals surface area contributed by atoms with E-state index < -0.39 is 0 Å². The highest BCUT2D eigenvalue weighted by Crippen LogP contribution is 2.26. The molecule has 0 amide bonds. The Kier molecular flexibility index (Phi) is 2.80. The molecule has 0 saturated heterocycles. The van der Waals surface area contributed by atoms with Crippen LogP contribution in [0.2, 0.25) is 0 Å². The lowest BCUT2D eigenvalue weighted by atomic mass is 10.2. The molecule has 3 aromatic rings. The summed E-state index contributed by atoms with van der Waals surface area (Å²) in [6.45, 7) is 0.480. The van der Waals surface area contributed by atoms with Crippen molar-refractivity contribution in [2.45, 2.75) is 6.54 Å². The molecular formula is C15H14FN3. The van der Waals surface area contributed by atoms with Gasteiger partial charge in [-0.1, -0.05) is 6.07 Å². The molecule has 1 aromatic carbocycles. The molecule has 2 aromatic heterocycles. The summed E-state index contributed by atoms with van der Waals surface area (Å²) in [5.74, 6) is -0.230. The van der Waals surface area contributed by atoms with Gasteiger partial charge in [-0.25, -0.2) is 4.39 Å². The second-order valence-corrected chi connectivity index (χ2v) is 4.55. The molecule has 4 heteroatoms. The Labute approximate surface area is 110 Å². The number of benzene rings is 1. The molecule has 0 fully saturated rings. The van der Waals surface area contributed by atoms with Crippen LogP contribution >= 0.6 is 0 Å². The van der Waals surface area contributed by atoms with Crippen LogP contribution in [0.25, 0.3) is 22.3 Å². The second kappa shape index (κ2) is 4.48. The number of pyridine rings is 1. The molecule has 96 valence electrons. The molecule has 0 bridgehead atoms. The van der Waals surface area contributed by atoms with E-state index in [2.05, 4.69) is 4.98 Å². The lowest BCUT2D eigenvalue weighted by Crippen LogP contribution is -1.98. The fraction of sp³-hybridized carbons (Fsp3) is 0.133. The molecule has 0 unspecified atom stereocenters. The van der Waals surface area contributed by atoms with Crippen molar-refractivity contribution in [1.82, 2.24) is 9.55 Å². The zero-order valence-corrected chi connectivity index (χ0v) is 10.6. The molecule has 2 N–H and O–H groups in total. The summed E-state index contributed by atoms with van der Waals surface area (Å²) in [6, 6.07) is 10.7. The maximum absolute atomic E-state index is 13.3. The van der Waals surface area contributed by atoms with E-state index >= 15 is 0 Å². The van der Waals surface area contributed by atoms with Gasteiger partial charge in [0.05, 0.1) is 16.9 Å². The van der Waals surface area contributed by atoms with Crippen molar-refractivity contribution >= 4 is 10.9 Å². The van der Waals surface area contributed by atoms with E-state index in [4.69, 9.17) is 5.73 Å². The summed E-state index contributed by atoms with van der Waals surface area (Å²) in [5.41, 5.74) is 9.23. The van der Waals surface area contributed by atoms with Gasteiger partial charge in [0.1, 0.15) is 5.82 Å². The van der Waals surface area contributed by atoms with E-state index in [0.717, 1.165) is 27.9 Å². The van der Waals surface area contributed by atoms with Crippen LogP contribution in [0.4, 0.5) is 4.39 Å². The number of rotatable bonds is 2. The first-order valence-electron chi connectivity index (χ1n) is 6.09. The molecule has 0 aliphatic carbocycles. The maximum Gasteiger partial charge on any atom is 0.125 e. The van der Waals surface area contributed by atoms with Crippen LogP contribution in [0.3, 0.4) is 0 Å². The Morgan fingerprint density at radius 2 is 2.05 bits per heavy atom. The number of nitrogens with two attached hydrogens (primary N) is 1. The Hall–Kier alpha value is -2.20. The summed E-state index contributed by atoms with van der Waals surface area (Å²) in [7, 11) is 1.91. The molecule has 0 aliphatic rings. The summed E-state index contributed by atoms with van der Waals surface area (Å²) in [6.07, 6.45) is 1.77. The highest BCUT2D eigenvalue weighted by atomic mass is 19.1. The summed E-state index contributed by atoms with van der Waals surface area (Å²) in [5, 5.41) is 1.00. The zero-order valence-electron chi connectivity index (χ0n) is 10.6. The highest BCUT2D eigenvalue weighted by Gasteiger charge is 2.09. The number of hydrogen-bond acceptors (Lipinski definition) is 2. The van der Waals surface area contributed by atoms with Crippen LogP contribution in [0.1, 0.15) is 5.56 Å². The third-order valence-corrected chi connectivity index (χ3v) is 3.33. The van der Waals surface area contributed by atoms with Crippen molar-refractivity contribution in [2.24, 2.45) is 12.8 Å². The minimum absolute atomic E-state index is 0.230. The smallest absolute Gasteiger partial charge is 0.125 e. The molecule has 2 heterocycles. The fourth-order valence-electron chi connectivity index (χ4n) is 2.25. The predicted octanol–water partition coefficient (Wildman–Crippen LogP) is 2.84. The van der Waals surface area contributed by atoms with Crippen LogP contribution in [0.15, 0.2) is 42.6 Å². The van der Waals surface area contributed by atoms with Crippen LogP contribution in [-0.2, 0) is 13.6 Å². The Bertz CT molecular complexity index is 729. The minimum atomic E-state index is -0.230. The SMILES string of the molecule is Cn1c(-c2ccc(CN)cn2)cc2ccc(F)cc21. The van der Waals surface area contributed by atoms with Crippen LogP contribution in [0, 0.1) is 5.82 Å². The average Bonchev–Trinajstić information content (AvgIpc) is 2.76. The van der Waals surface area contributed by atoms with Gasteiger partial charge in [-0.05, 0) is 35.9 Å². The molecule has 0 radical (unpaired) electrons. The monoisotopic (exact) mass is 255 g/mol. The summed E-state index contributed by atoms with van der Waals surface area (Å²) < 4.78 is 15.2. The average molecular weight is 255 g/mol. The van der Waals surface area contributed by atoms with Gasteiger partial charge < -0.3 is 10.3 Å². The Balaban J connectivity index is 2.16. The first-order valence-corrected chi connectivity index (χ1v) is 6.09. The van der Waals surface area contributed by atoms with Gasteiger partial charge in [0, 0.05) is 25.2 Å². The number of halogens is 1. The molecule has 0 atom stereocenters. The van der Waals surface area contributed by atoms with E-state index in [0.29, 0.717) is 6.54 Å². The fourth-order valence-corrected chi connectivity index (χ4v) is 2.25. The van der Waals surface area contributed by atoms with Crippen molar-refractivity contribution < 1.29 is 4.39 Å². The topological polar surface area (TPSA) is 43.8 Å². The van der Waals surface area contributed by atoms with Crippen molar-refractivity contribution in [3.05, 3.63) is 54.0 Å². The van der Waals surface area contributed by atoms with Gasteiger partial charge in [-0.3, -0.25) is 4.98 Å². The third-order valence-electron chi connectivity index (χ3n) is 3.33. The minimum Gasteiger partial charge on any atom is -0.342 e. The Morgan fingerprint density at radius 3 is 2.74 bits per heavy atom. The molecule has 19 heavy (non-hydrogen) atoms. The molecule has 3 nitrogen and oxygen atoms in total. The quantitative estimate of drug-likeness (QED) is 0.765. The first kappa shape index (κ1) is 11.9. The van der Waals surface area contributed by atoms with Gasteiger partial charge in [0.2, 0.25) is 0 Å². The van der Waals surface area contributed by atoms with Gasteiger partial charge in [-0.15, -0.1) is 0 Å². The highest BCUT2D eigenvalue weighted by molar-refractivity contribution is 5.86. The van der Waals surface area contributed by atoms with Gasteiger partial charge in [-0.2, -0.15) is 0 Å². The molecule has 3 rings (SSSR count). The number of nitrogens with zero attached hydrogens (tertiary/aromatic N) is 2. The van der Waals surface area contributed by atoms with Crippen molar-refractivity contribution in [3.63, 3.8) is 0 Å². The van der Waals surface area contributed by atoms with Crippen LogP contribution in [0.5, 0.6) is 0 Å². The maximum atomic E-state index is 13.3. The molecular weight excluding hydrogens is 241 g/mol. The van der Waals surface area contributed by atoms with Crippen LogP contribution in [-0.4, -0.2) is 9.55 Å². The van der Waals surface area contributed by atoms with Crippen molar-refractivity contribution in [1.29, 1.82) is 0 Å².